The maximum Gasteiger partial charge on any atom is 0.409 e. The summed E-state index contributed by atoms with van der Waals surface area (Å²) in [5.74, 6) is 0.100. The van der Waals surface area contributed by atoms with Crippen LogP contribution in [0.4, 0.5) is 9.18 Å². The van der Waals surface area contributed by atoms with Crippen LogP contribution >= 0.6 is 11.3 Å². The number of fused-ring (bicyclic) bond motifs is 1. The van der Waals surface area contributed by atoms with E-state index in [1.54, 1.807) is 24.5 Å². The lowest BCUT2D eigenvalue weighted by Gasteiger charge is -2.33. The fourth-order valence-electron chi connectivity index (χ4n) is 3.84. The van der Waals surface area contributed by atoms with Gasteiger partial charge in [0.25, 0.3) is 0 Å². The highest BCUT2D eigenvalue weighted by Gasteiger charge is 2.32. The zero-order chi connectivity index (χ0) is 21.8. The fraction of sp³-hybridized carbons (Fsp3) is 0.391. The lowest BCUT2D eigenvalue weighted by molar-refractivity contribution is -0.113. The molecule has 1 unspecified atom stereocenters. The molecule has 0 aromatic carbocycles. The van der Waals surface area contributed by atoms with Crippen molar-refractivity contribution >= 4 is 29.3 Å². The van der Waals surface area contributed by atoms with Crippen LogP contribution in [0.2, 0.25) is 0 Å². The minimum atomic E-state index is -0.944. The average Bonchev–Trinajstić information content (AvgIpc) is 3.10. The van der Waals surface area contributed by atoms with Crippen molar-refractivity contribution in [3.05, 3.63) is 57.0 Å². The van der Waals surface area contributed by atoms with E-state index in [9.17, 15) is 19.2 Å². The first kappa shape index (κ1) is 21.2. The number of nitriles is 1. The van der Waals surface area contributed by atoms with Crippen molar-refractivity contribution in [1.29, 1.82) is 5.26 Å². The second kappa shape index (κ2) is 9.40. The molecule has 31 heavy (non-hydrogen) atoms. The Morgan fingerprint density at radius 3 is 2.97 bits per heavy atom. The topological polar surface area (TPSA) is 83.3 Å². The van der Waals surface area contributed by atoms with Gasteiger partial charge in [0, 0.05) is 28.6 Å². The molecular weight excluding hydrogens is 417 g/mol. The van der Waals surface area contributed by atoms with Gasteiger partial charge in [0.2, 0.25) is 0 Å². The van der Waals surface area contributed by atoms with E-state index in [0.29, 0.717) is 12.0 Å². The predicted molar refractivity (Wildman–Crippen MR) is 114 cm³/mol. The minimum Gasteiger partial charge on any atom is -0.449 e. The lowest BCUT2D eigenvalue weighted by atomic mass is 9.87. The molecule has 0 N–H and O–H groups in total. The van der Waals surface area contributed by atoms with E-state index in [1.807, 2.05) is 6.07 Å². The average molecular weight is 440 g/mol. The van der Waals surface area contributed by atoms with Crippen molar-refractivity contribution in [2.24, 2.45) is 5.92 Å². The Morgan fingerprint density at radius 1 is 1.42 bits per heavy atom. The van der Waals surface area contributed by atoms with E-state index < -0.39 is 12.3 Å². The van der Waals surface area contributed by atoms with Gasteiger partial charge in [-0.3, -0.25) is 9.78 Å². The summed E-state index contributed by atoms with van der Waals surface area (Å²) >= 11 is 1.51. The SMILES string of the molecule is N#Cc1c(CC(=O)/C=C/c2cccnc2)sc2c1CCC(COC(=O)N1CC(F)C1)C2. The standard InChI is InChI=1S/C23H22FN3O3S/c24-17-12-27(13-17)23(29)30-14-16-4-6-19-20(10-25)22(31-21(19)8-16)9-18(28)5-3-15-2-1-7-26-11-15/h1-3,5,7,11,16-17H,4,6,8-9,12-14H2/b5-3+. The zero-order valence-electron chi connectivity index (χ0n) is 16.9. The molecule has 0 bridgehead atoms. The first-order valence-corrected chi connectivity index (χ1v) is 11.1. The molecular formula is C23H22FN3O3S. The number of alkyl halides is 1. The normalized spacial score (nSPS) is 18.3. The zero-order valence-corrected chi connectivity index (χ0v) is 17.7. The Hall–Kier alpha value is -3.05. The van der Waals surface area contributed by atoms with Crippen LogP contribution in [0.15, 0.2) is 30.6 Å². The molecule has 3 heterocycles. The smallest absolute Gasteiger partial charge is 0.409 e. The van der Waals surface area contributed by atoms with Gasteiger partial charge in [0.05, 0.1) is 25.3 Å². The van der Waals surface area contributed by atoms with E-state index in [4.69, 9.17) is 4.74 Å². The Bertz CT molecular complexity index is 1040. The quantitative estimate of drug-likeness (QED) is 0.641. The van der Waals surface area contributed by atoms with Crippen molar-refractivity contribution in [2.75, 3.05) is 19.7 Å². The molecule has 1 amide bonds. The monoisotopic (exact) mass is 439 g/mol. The number of thiophene rings is 1. The Balaban J connectivity index is 1.36. The van der Waals surface area contributed by atoms with Gasteiger partial charge < -0.3 is 9.64 Å². The molecule has 2 aromatic heterocycles. The Labute approximate surface area is 184 Å². The number of halogens is 1. The van der Waals surface area contributed by atoms with Crippen LogP contribution in [-0.2, 0) is 28.8 Å². The number of ketones is 1. The van der Waals surface area contributed by atoms with Crippen LogP contribution in [0, 0.1) is 17.2 Å². The predicted octanol–water partition coefficient (Wildman–Crippen LogP) is 3.73. The van der Waals surface area contributed by atoms with Crippen LogP contribution in [-0.4, -0.2) is 47.6 Å². The summed E-state index contributed by atoms with van der Waals surface area (Å²) in [6.45, 7) is 0.501. The molecule has 1 atom stereocenters. The van der Waals surface area contributed by atoms with Gasteiger partial charge in [-0.25, -0.2) is 9.18 Å². The number of carbonyl (C=O) groups excluding carboxylic acids is 2. The molecule has 8 heteroatoms. The van der Waals surface area contributed by atoms with Crippen LogP contribution < -0.4 is 0 Å². The third-order valence-corrected chi connectivity index (χ3v) is 6.82. The highest BCUT2D eigenvalue weighted by Crippen LogP contribution is 2.36. The summed E-state index contributed by atoms with van der Waals surface area (Å²) < 4.78 is 18.2. The van der Waals surface area contributed by atoms with E-state index in [2.05, 4.69) is 11.1 Å². The first-order chi connectivity index (χ1) is 15.0. The van der Waals surface area contributed by atoms with E-state index in [1.165, 1.54) is 22.3 Å². The van der Waals surface area contributed by atoms with Gasteiger partial charge in [-0.05, 0) is 54.5 Å². The largest absolute Gasteiger partial charge is 0.449 e. The minimum absolute atomic E-state index is 0.0647. The van der Waals surface area contributed by atoms with Gasteiger partial charge in [0.1, 0.15) is 12.2 Å². The Morgan fingerprint density at radius 2 is 2.26 bits per heavy atom. The molecule has 0 radical (unpaired) electrons. The second-order valence-electron chi connectivity index (χ2n) is 7.86. The molecule has 4 rings (SSSR count). The molecule has 0 spiro atoms. The molecule has 6 nitrogen and oxygen atoms in total. The molecule has 160 valence electrons. The number of carbonyl (C=O) groups is 2. The Kier molecular flexibility index (Phi) is 6.42. The number of amides is 1. The number of allylic oxidation sites excluding steroid dienone is 1. The maximum atomic E-state index is 12.9. The number of hydrogen-bond donors (Lipinski definition) is 0. The van der Waals surface area contributed by atoms with Crippen molar-refractivity contribution in [3.8, 4) is 6.07 Å². The van der Waals surface area contributed by atoms with E-state index >= 15 is 0 Å². The third-order valence-electron chi connectivity index (χ3n) is 5.57. The molecule has 1 aliphatic carbocycles. The highest BCUT2D eigenvalue weighted by atomic mass is 32.1. The van der Waals surface area contributed by atoms with Crippen molar-refractivity contribution in [3.63, 3.8) is 0 Å². The van der Waals surface area contributed by atoms with Gasteiger partial charge in [-0.1, -0.05) is 6.07 Å². The van der Waals surface area contributed by atoms with E-state index in [-0.39, 0.29) is 37.8 Å². The molecule has 2 aromatic rings. The number of rotatable bonds is 6. The van der Waals surface area contributed by atoms with Crippen molar-refractivity contribution in [2.45, 2.75) is 31.9 Å². The van der Waals surface area contributed by atoms with Gasteiger partial charge in [-0.15, -0.1) is 11.3 Å². The number of aromatic nitrogens is 1. The van der Waals surface area contributed by atoms with Crippen molar-refractivity contribution in [1.82, 2.24) is 9.88 Å². The van der Waals surface area contributed by atoms with Crippen LogP contribution in [0.25, 0.3) is 6.08 Å². The molecule has 1 saturated heterocycles. The van der Waals surface area contributed by atoms with Gasteiger partial charge >= 0.3 is 6.09 Å². The molecule has 0 saturated carbocycles. The number of pyridine rings is 1. The number of ether oxygens (including phenoxy) is 1. The summed E-state index contributed by atoms with van der Waals surface area (Å²) in [4.78, 5) is 31.6. The summed E-state index contributed by atoms with van der Waals surface area (Å²) in [5, 5.41) is 9.66. The maximum absolute atomic E-state index is 12.9. The first-order valence-electron chi connectivity index (χ1n) is 10.2. The lowest BCUT2D eigenvalue weighted by Crippen LogP contribution is -2.51. The summed E-state index contributed by atoms with van der Waals surface area (Å²) in [5.41, 5.74) is 2.49. The molecule has 2 aliphatic rings. The fourth-order valence-corrected chi connectivity index (χ4v) is 5.27. The van der Waals surface area contributed by atoms with Crippen molar-refractivity contribution < 1.29 is 18.7 Å². The van der Waals surface area contributed by atoms with Crippen LogP contribution in [0.5, 0.6) is 0 Å². The van der Waals surface area contributed by atoms with Gasteiger partial charge in [0.15, 0.2) is 5.78 Å². The molecule has 1 aliphatic heterocycles. The molecule has 1 fully saturated rings. The number of likely N-dealkylation sites (tertiary alicyclic amines) is 1. The summed E-state index contributed by atoms with van der Waals surface area (Å²) in [6.07, 6.45) is 7.64. The van der Waals surface area contributed by atoms with Gasteiger partial charge in [-0.2, -0.15) is 5.26 Å². The second-order valence-corrected chi connectivity index (χ2v) is 9.05. The number of nitrogens with zero attached hydrogens (tertiary/aromatic N) is 3. The summed E-state index contributed by atoms with van der Waals surface area (Å²) in [6, 6.07) is 5.95. The number of hydrogen-bond acceptors (Lipinski definition) is 6. The third kappa shape index (κ3) is 5.00. The van der Waals surface area contributed by atoms with Crippen LogP contribution in [0.1, 0.15) is 32.9 Å². The summed E-state index contributed by atoms with van der Waals surface area (Å²) in [7, 11) is 0. The van der Waals surface area contributed by atoms with E-state index in [0.717, 1.165) is 33.7 Å². The van der Waals surface area contributed by atoms with Crippen LogP contribution in [0.3, 0.4) is 0 Å². The highest BCUT2D eigenvalue weighted by molar-refractivity contribution is 7.12.